The highest BCUT2D eigenvalue weighted by Crippen LogP contribution is 2.46. The maximum absolute atomic E-state index is 12.7. The number of nitrogens with zero attached hydrogens (tertiary/aromatic N) is 4. The predicted octanol–water partition coefficient (Wildman–Crippen LogP) is 4.06. The van der Waals surface area contributed by atoms with Crippen LogP contribution in [0.15, 0.2) is 10.5 Å². The molecule has 1 N–H and O–H groups in total. The molecule has 0 radical (unpaired) electrons. The van der Waals surface area contributed by atoms with Crippen LogP contribution < -0.4 is 10.2 Å². The summed E-state index contributed by atoms with van der Waals surface area (Å²) in [4.78, 5) is 27.5. The highest BCUT2D eigenvalue weighted by atomic mass is 32.2. The molecule has 1 saturated heterocycles. The van der Waals surface area contributed by atoms with Gasteiger partial charge in [0.25, 0.3) is 0 Å². The minimum absolute atomic E-state index is 0.146. The Hall–Kier alpha value is -2.07. The third kappa shape index (κ3) is 4.45. The van der Waals surface area contributed by atoms with E-state index in [0.29, 0.717) is 29.1 Å². The molecule has 3 heterocycles. The molecule has 1 amide bonds. The van der Waals surface area contributed by atoms with Gasteiger partial charge in [-0.15, -0.1) is 21.5 Å². The van der Waals surface area contributed by atoms with Crippen LogP contribution in [0, 0.1) is 0 Å². The van der Waals surface area contributed by atoms with Crippen molar-refractivity contribution >= 4 is 45.9 Å². The standard InChI is InChI=1S/C21H27N5O3S2/c1-2-29-19(28)17-15(13-5-6-13)11-30-18(17)22-16(27)12-31-21-24-23-20(25-9-3-4-10-25)26(21)14-7-8-14/h11,13-14H,2-10,12H2,1H3,(H,22,27). The Bertz CT molecular complexity index is 974. The van der Waals surface area contributed by atoms with Gasteiger partial charge in [-0.1, -0.05) is 11.8 Å². The topological polar surface area (TPSA) is 89.3 Å². The number of carbonyl (C=O) groups excluding carboxylic acids is 2. The van der Waals surface area contributed by atoms with E-state index in [2.05, 4.69) is 25.0 Å². The Morgan fingerprint density at radius 2 is 2.00 bits per heavy atom. The van der Waals surface area contributed by atoms with E-state index in [1.165, 1.54) is 35.9 Å². The van der Waals surface area contributed by atoms with Crippen LogP contribution in [0.3, 0.4) is 0 Å². The van der Waals surface area contributed by atoms with Gasteiger partial charge in [0, 0.05) is 19.1 Å². The van der Waals surface area contributed by atoms with Crippen LogP contribution >= 0.6 is 23.1 Å². The van der Waals surface area contributed by atoms with Crippen LogP contribution in [0.2, 0.25) is 0 Å². The van der Waals surface area contributed by atoms with Gasteiger partial charge in [0.15, 0.2) is 5.16 Å². The van der Waals surface area contributed by atoms with Crippen LogP contribution in [0.4, 0.5) is 10.9 Å². The van der Waals surface area contributed by atoms with Crippen molar-refractivity contribution < 1.29 is 14.3 Å². The summed E-state index contributed by atoms with van der Waals surface area (Å²) in [6.07, 6.45) is 6.83. The number of aromatic nitrogens is 3. The monoisotopic (exact) mass is 461 g/mol. The molecule has 8 nitrogen and oxygen atoms in total. The number of carbonyl (C=O) groups is 2. The van der Waals surface area contributed by atoms with Crippen LogP contribution in [-0.2, 0) is 9.53 Å². The van der Waals surface area contributed by atoms with Gasteiger partial charge in [-0.05, 0) is 62.3 Å². The zero-order valence-corrected chi connectivity index (χ0v) is 19.3. The van der Waals surface area contributed by atoms with E-state index in [0.717, 1.165) is 55.4 Å². The van der Waals surface area contributed by atoms with E-state index in [9.17, 15) is 9.59 Å². The Morgan fingerprint density at radius 1 is 1.23 bits per heavy atom. The average Bonchev–Trinajstić information content (AvgIpc) is 3.64. The molecule has 166 valence electrons. The quantitative estimate of drug-likeness (QED) is 0.445. The second-order valence-electron chi connectivity index (χ2n) is 8.30. The third-order valence-corrected chi connectivity index (χ3v) is 7.71. The Labute approximate surface area is 189 Å². The van der Waals surface area contributed by atoms with E-state index < -0.39 is 0 Å². The lowest BCUT2D eigenvalue weighted by atomic mass is 10.1. The summed E-state index contributed by atoms with van der Waals surface area (Å²) < 4.78 is 7.45. The predicted molar refractivity (Wildman–Crippen MR) is 121 cm³/mol. The first kappa shape index (κ1) is 20.8. The molecule has 2 saturated carbocycles. The average molecular weight is 462 g/mol. The molecular weight excluding hydrogens is 434 g/mol. The first-order chi connectivity index (χ1) is 15.2. The molecule has 0 aromatic carbocycles. The van der Waals surface area contributed by atoms with Crippen molar-refractivity contribution in [1.29, 1.82) is 0 Å². The van der Waals surface area contributed by atoms with Gasteiger partial charge in [0.05, 0.1) is 17.9 Å². The van der Waals surface area contributed by atoms with Crippen molar-refractivity contribution in [1.82, 2.24) is 14.8 Å². The smallest absolute Gasteiger partial charge is 0.341 e. The van der Waals surface area contributed by atoms with Crippen molar-refractivity contribution in [2.24, 2.45) is 0 Å². The van der Waals surface area contributed by atoms with E-state index in [1.54, 1.807) is 6.92 Å². The molecular formula is C21H27N5O3S2. The summed E-state index contributed by atoms with van der Waals surface area (Å²) in [5, 5.41) is 15.1. The van der Waals surface area contributed by atoms with Crippen molar-refractivity contribution in [3.05, 3.63) is 16.5 Å². The molecule has 0 atom stereocenters. The summed E-state index contributed by atoms with van der Waals surface area (Å²) in [6.45, 7) is 4.16. The van der Waals surface area contributed by atoms with Gasteiger partial charge < -0.3 is 15.0 Å². The molecule has 0 spiro atoms. The lowest BCUT2D eigenvalue weighted by Crippen LogP contribution is -2.22. The zero-order valence-electron chi connectivity index (χ0n) is 17.6. The number of anilines is 2. The Morgan fingerprint density at radius 3 is 2.68 bits per heavy atom. The molecule has 0 unspecified atom stereocenters. The number of ether oxygens (including phenoxy) is 1. The van der Waals surface area contributed by atoms with E-state index >= 15 is 0 Å². The van der Waals surface area contributed by atoms with Gasteiger partial charge in [-0.3, -0.25) is 9.36 Å². The number of hydrogen-bond acceptors (Lipinski definition) is 8. The maximum atomic E-state index is 12.7. The largest absolute Gasteiger partial charge is 0.462 e. The lowest BCUT2D eigenvalue weighted by Gasteiger charge is -2.17. The van der Waals surface area contributed by atoms with Crippen LogP contribution in [-0.4, -0.2) is 52.1 Å². The fourth-order valence-corrected chi connectivity index (χ4v) is 5.87. The molecule has 3 fully saturated rings. The van der Waals surface area contributed by atoms with Crippen molar-refractivity contribution in [2.45, 2.75) is 62.6 Å². The number of nitrogens with one attached hydrogen (secondary N) is 1. The Kier molecular flexibility index (Phi) is 5.92. The molecule has 2 aliphatic carbocycles. The first-order valence-electron chi connectivity index (χ1n) is 11.1. The first-order valence-corrected chi connectivity index (χ1v) is 12.9. The second kappa shape index (κ2) is 8.82. The second-order valence-corrected chi connectivity index (χ2v) is 10.1. The number of amides is 1. The van der Waals surface area contributed by atoms with Gasteiger partial charge in [-0.2, -0.15) is 0 Å². The van der Waals surface area contributed by atoms with E-state index in [4.69, 9.17) is 4.74 Å². The number of rotatable bonds is 9. The summed E-state index contributed by atoms with van der Waals surface area (Å²) in [5.41, 5.74) is 1.54. The molecule has 5 rings (SSSR count). The van der Waals surface area contributed by atoms with Crippen molar-refractivity contribution in [3.8, 4) is 0 Å². The fourth-order valence-electron chi connectivity index (χ4n) is 4.02. The number of hydrogen-bond donors (Lipinski definition) is 1. The minimum Gasteiger partial charge on any atom is -0.462 e. The van der Waals surface area contributed by atoms with E-state index in [-0.39, 0.29) is 17.6 Å². The number of thiophene rings is 1. The molecule has 1 aliphatic heterocycles. The lowest BCUT2D eigenvalue weighted by molar-refractivity contribution is -0.113. The third-order valence-electron chi connectivity index (χ3n) is 5.85. The van der Waals surface area contributed by atoms with Gasteiger partial charge >= 0.3 is 5.97 Å². The van der Waals surface area contributed by atoms with Crippen LogP contribution in [0.25, 0.3) is 0 Å². The van der Waals surface area contributed by atoms with Crippen LogP contribution in [0.5, 0.6) is 0 Å². The van der Waals surface area contributed by atoms with Gasteiger partial charge in [0.1, 0.15) is 5.00 Å². The normalized spacial score (nSPS) is 18.4. The van der Waals surface area contributed by atoms with Crippen LogP contribution in [0.1, 0.15) is 73.3 Å². The summed E-state index contributed by atoms with van der Waals surface area (Å²) in [6, 6.07) is 0.449. The Balaban J connectivity index is 1.26. The maximum Gasteiger partial charge on any atom is 0.341 e. The fraction of sp³-hybridized carbons (Fsp3) is 0.619. The van der Waals surface area contributed by atoms with Gasteiger partial charge in [0.2, 0.25) is 11.9 Å². The molecule has 3 aliphatic rings. The summed E-state index contributed by atoms with van der Waals surface area (Å²) in [5.74, 6) is 1.09. The number of esters is 1. The highest BCUT2D eigenvalue weighted by Gasteiger charge is 2.34. The SMILES string of the molecule is CCOC(=O)c1c(C2CC2)csc1NC(=O)CSc1nnc(N2CCCC2)n1C1CC1. The van der Waals surface area contributed by atoms with Crippen molar-refractivity contribution in [2.75, 3.05) is 35.7 Å². The van der Waals surface area contributed by atoms with E-state index in [1.807, 2.05) is 5.38 Å². The zero-order chi connectivity index (χ0) is 21.4. The highest BCUT2D eigenvalue weighted by molar-refractivity contribution is 7.99. The molecule has 31 heavy (non-hydrogen) atoms. The molecule has 2 aromatic heterocycles. The molecule has 10 heteroatoms. The molecule has 2 aromatic rings. The summed E-state index contributed by atoms with van der Waals surface area (Å²) >= 11 is 2.82. The number of thioether (sulfide) groups is 1. The van der Waals surface area contributed by atoms with Gasteiger partial charge in [-0.25, -0.2) is 4.79 Å². The molecule has 0 bridgehead atoms. The summed E-state index contributed by atoms with van der Waals surface area (Å²) in [7, 11) is 0. The van der Waals surface area contributed by atoms with Crippen molar-refractivity contribution in [3.63, 3.8) is 0 Å². The minimum atomic E-state index is -0.350.